The molecule has 0 radical (unpaired) electrons. The van der Waals surface area contributed by atoms with Crippen molar-refractivity contribution in [1.82, 2.24) is 29.7 Å². The lowest BCUT2D eigenvalue weighted by Crippen LogP contribution is -2.33. The average Bonchev–Trinajstić information content (AvgIpc) is 3.29. The number of fused-ring (bicyclic) bond motifs is 2. The fourth-order valence-corrected chi connectivity index (χ4v) is 8.91. The molecule has 2 saturated heterocycles. The Morgan fingerprint density at radius 3 is 1.64 bits per heavy atom. The van der Waals surface area contributed by atoms with E-state index in [-0.39, 0.29) is 19.0 Å². The zero-order chi connectivity index (χ0) is 44.9. The first-order valence-corrected chi connectivity index (χ1v) is 23.8. The summed E-state index contributed by atoms with van der Waals surface area (Å²) in [6, 6.07) is 19.6. The van der Waals surface area contributed by atoms with Crippen molar-refractivity contribution in [3.63, 3.8) is 0 Å². The van der Waals surface area contributed by atoms with Crippen molar-refractivity contribution >= 4 is 98.4 Å². The first-order chi connectivity index (χ1) is 30.4. The first-order valence-electron chi connectivity index (χ1n) is 21.5. The second kappa shape index (κ2) is 24.8. The maximum atomic E-state index is 13.1. The zero-order valence-electron chi connectivity index (χ0n) is 36.0. The summed E-state index contributed by atoms with van der Waals surface area (Å²) >= 11 is 10.1. The zero-order valence-corrected chi connectivity index (χ0v) is 40.8. The van der Waals surface area contributed by atoms with Gasteiger partial charge < -0.3 is 32.3 Å². The molecule has 2 fully saturated rings. The number of benzene rings is 2. The number of nitrogen functional groups attached to an aromatic ring is 2. The van der Waals surface area contributed by atoms with E-state index in [1.54, 1.807) is 30.9 Å². The van der Waals surface area contributed by atoms with E-state index in [1.807, 2.05) is 42.5 Å². The number of pyridine rings is 4. The standard InChI is InChI=1S/C24H28BrN5O.C17H13Br2N3O.C7H16N2.CH4/c1-30-10-7-17(8-11-30)14-28-24-21(13-19(25)15-29-24)22(31)5-3-16-2-4-20-18(12-16)6-9-27-23(20)26;18-12-8-14(16(19)22-9-12)15(23)4-2-10-1-3-13-11(7-10)5-6-21-17(13)20;1-9-4-2-7(6-8)3-5-9;/h2,4,6,9,12-13,15,17H,3,5,7-8,10-11,14H2,1H3,(H2,26,27)(H,28,29);1,3,5-9H,2,4H2,(H2,20,21);7H,2-6,8H2,1H3;1H4. The van der Waals surface area contributed by atoms with Gasteiger partial charge in [-0.25, -0.2) is 19.9 Å². The van der Waals surface area contributed by atoms with Crippen LogP contribution in [0.1, 0.15) is 77.8 Å². The molecule has 12 nitrogen and oxygen atoms in total. The van der Waals surface area contributed by atoms with E-state index in [0.29, 0.717) is 64.8 Å². The lowest BCUT2D eigenvalue weighted by atomic mass is 9.97. The number of hydrogen-bond donors (Lipinski definition) is 4. The number of hydrogen-bond acceptors (Lipinski definition) is 12. The van der Waals surface area contributed by atoms with Crippen LogP contribution in [0.15, 0.2) is 99.0 Å². The number of aryl methyl sites for hydroxylation is 2. The number of likely N-dealkylation sites (tertiary alicyclic amines) is 2. The number of nitrogens with two attached hydrogens (primary N) is 3. The Labute approximate surface area is 403 Å². The van der Waals surface area contributed by atoms with Crippen molar-refractivity contribution in [3.05, 3.63) is 121 Å². The van der Waals surface area contributed by atoms with Gasteiger partial charge in [0.05, 0.1) is 11.1 Å². The van der Waals surface area contributed by atoms with Crippen molar-refractivity contribution in [3.8, 4) is 0 Å². The third-order valence-electron chi connectivity index (χ3n) is 11.8. The number of carbonyl (C=O) groups excluding carboxylic acids is 2. The smallest absolute Gasteiger partial charge is 0.166 e. The van der Waals surface area contributed by atoms with Gasteiger partial charge in [-0.1, -0.05) is 43.8 Å². The summed E-state index contributed by atoms with van der Waals surface area (Å²) in [5.41, 5.74) is 20.8. The van der Waals surface area contributed by atoms with E-state index in [4.69, 9.17) is 17.2 Å². The molecule has 0 aliphatic carbocycles. The molecule has 15 heteroatoms. The predicted octanol–water partition coefficient (Wildman–Crippen LogP) is 10.0. The molecule has 2 aromatic carbocycles. The highest BCUT2D eigenvalue weighted by Crippen LogP contribution is 2.26. The SMILES string of the molecule is C.CN1CCC(CN)CC1.CN1CCC(CNc2ncc(Br)cc2C(=O)CCc2ccc3c(N)nccc3c2)CC1.Nc1nccc2cc(CCC(=O)c3cc(Br)cnc3Br)ccc12. The number of Topliss-reactive ketones (excluding diaryl/α,β-unsaturated/α-hetero) is 2. The Morgan fingerprint density at radius 1 is 0.656 bits per heavy atom. The van der Waals surface area contributed by atoms with Gasteiger partial charge in [0.25, 0.3) is 0 Å². The number of anilines is 3. The van der Waals surface area contributed by atoms with Crippen LogP contribution in [-0.2, 0) is 12.8 Å². The van der Waals surface area contributed by atoms with Crippen LogP contribution in [0.3, 0.4) is 0 Å². The van der Waals surface area contributed by atoms with Crippen LogP contribution in [0.25, 0.3) is 21.5 Å². The van der Waals surface area contributed by atoms with E-state index < -0.39 is 0 Å². The van der Waals surface area contributed by atoms with Gasteiger partial charge in [-0.05, 0) is 191 Å². The maximum Gasteiger partial charge on any atom is 0.166 e. The Hall–Kier alpha value is -4.38. The average molecular weight is 1060 g/mol. The summed E-state index contributed by atoms with van der Waals surface area (Å²) in [5, 5.41) is 7.39. The highest BCUT2D eigenvalue weighted by atomic mass is 79.9. The number of ketones is 2. The van der Waals surface area contributed by atoms with Crippen molar-refractivity contribution in [2.24, 2.45) is 17.6 Å². The van der Waals surface area contributed by atoms with Gasteiger partial charge in [0.2, 0.25) is 0 Å². The molecule has 0 bridgehead atoms. The topological polar surface area (TPSA) is 182 Å². The van der Waals surface area contributed by atoms with Crippen molar-refractivity contribution < 1.29 is 9.59 Å². The van der Waals surface area contributed by atoms with E-state index >= 15 is 0 Å². The minimum absolute atomic E-state index is 0. The van der Waals surface area contributed by atoms with Gasteiger partial charge in [-0.15, -0.1) is 0 Å². The van der Waals surface area contributed by atoms with Crippen LogP contribution in [0, 0.1) is 11.8 Å². The second-order valence-electron chi connectivity index (χ2n) is 16.5. The molecule has 0 spiro atoms. The van der Waals surface area contributed by atoms with Crippen LogP contribution >= 0.6 is 47.8 Å². The number of rotatable bonds is 12. The summed E-state index contributed by atoms with van der Waals surface area (Å²) in [4.78, 5) is 47.0. The minimum Gasteiger partial charge on any atom is -0.383 e. The predicted molar refractivity (Wildman–Crippen MR) is 274 cm³/mol. The van der Waals surface area contributed by atoms with Crippen LogP contribution in [0.4, 0.5) is 17.5 Å². The van der Waals surface area contributed by atoms with Crippen LogP contribution in [0.2, 0.25) is 0 Å². The van der Waals surface area contributed by atoms with Gasteiger partial charge in [-0.2, -0.15) is 0 Å². The number of aromatic nitrogens is 4. The van der Waals surface area contributed by atoms with Gasteiger partial charge in [-0.3, -0.25) is 9.59 Å². The van der Waals surface area contributed by atoms with Gasteiger partial charge in [0, 0.05) is 63.9 Å². The molecular weight excluding hydrogens is 1000 g/mol. The summed E-state index contributed by atoms with van der Waals surface area (Å²) in [5.74, 6) is 3.30. The maximum absolute atomic E-state index is 13.1. The highest BCUT2D eigenvalue weighted by molar-refractivity contribution is 9.11. The third-order valence-corrected chi connectivity index (χ3v) is 13.3. The molecule has 340 valence electrons. The number of carbonyl (C=O) groups is 2. The summed E-state index contributed by atoms with van der Waals surface area (Å²) in [7, 11) is 4.34. The summed E-state index contributed by atoms with van der Waals surface area (Å²) < 4.78 is 2.18. The van der Waals surface area contributed by atoms with Crippen LogP contribution < -0.4 is 22.5 Å². The second-order valence-corrected chi connectivity index (χ2v) is 19.1. The van der Waals surface area contributed by atoms with E-state index in [1.165, 1.54) is 38.8 Å². The lowest BCUT2D eigenvalue weighted by molar-refractivity contribution is 0.0974. The Bertz CT molecular complexity index is 2490. The normalized spacial score (nSPS) is 14.8. The molecule has 6 heterocycles. The highest BCUT2D eigenvalue weighted by Gasteiger charge is 2.20. The molecule has 2 aliphatic rings. The number of nitrogens with one attached hydrogen (secondary N) is 1. The fourth-order valence-electron chi connectivity index (χ4n) is 7.81. The number of piperidine rings is 2. The van der Waals surface area contributed by atoms with Gasteiger partial charge >= 0.3 is 0 Å². The van der Waals surface area contributed by atoms with Crippen LogP contribution in [-0.4, -0.2) is 94.7 Å². The number of halogens is 3. The largest absolute Gasteiger partial charge is 0.383 e. The molecule has 8 rings (SSSR count). The molecule has 0 unspecified atom stereocenters. The molecule has 6 aromatic rings. The molecule has 7 N–H and O–H groups in total. The molecule has 2 aliphatic heterocycles. The molecule has 0 amide bonds. The minimum atomic E-state index is 0. The Morgan fingerprint density at radius 2 is 1.12 bits per heavy atom. The van der Waals surface area contributed by atoms with Gasteiger partial charge in [0.1, 0.15) is 22.1 Å². The monoisotopic (exact) mass is 1060 g/mol. The van der Waals surface area contributed by atoms with Crippen LogP contribution in [0.5, 0.6) is 0 Å². The molecular formula is C49H61Br3N10O2. The quantitative estimate of drug-likeness (QED) is 0.0674. The Kier molecular flexibility index (Phi) is 19.6. The number of nitrogens with zero attached hydrogens (tertiary/aromatic N) is 6. The van der Waals surface area contributed by atoms with E-state index in [2.05, 4.69) is 109 Å². The molecule has 0 saturated carbocycles. The van der Waals surface area contributed by atoms with E-state index in [9.17, 15) is 9.59 Å². The molecule has 64 heavy (non-hydrogen) atoms. The molecule has 0 atom stereocenters. The van der Waals surface area contributed by atoms with E-state index in [0.717, 1.165) is 73.7 Å². The van der Waals surface area contributed by atoms with Gasteiger partial charge in [0.15, 0.2) is 11.6 Å². The summed E-state index contributed by atoms with van der Waals surface area (Å²) in [6.45, 7) is 6.46. The van der Waals surface area contributed by atoms with Crippen molar-refractivity contribution in [2.45, 2.75) is 58.8 Å². The van der Waals surface area contributed by atoms with Crippen molar-refractivity contribution in [2.75, 3.05) is 70.1 Å². The third kappa shape index (κ3) is 14.6. The van der Waals surface area contributed by atoms with Crippen molar-refractivity contribution in [1.29, 1.82) is 0 Å². The lowest BCUT2D eigenvalue weighted by Gasteiger charge is -2.29. The summed E-state index contributed by atoms with van der Waals surface area (Å²) in [6.07, 6.45) is 13.9. The Balaban J connectivity index is 0.000000204. The molecule has 4 aromatic heterocycles. The fraction of sp³-hybridized carbons (Fsp3) is 0.388. The first kappa shape index (κ1) is 50.6.